The number of carbonyl (C=O) groups is 3. The molecule has 0 radical (unpaired) electrons. The van der Waals surface area contributed by atoms with Gasteiger partial charge in [0.25, 0.3) is 0 Å². The van der Waals surface area contributed by atoms with Crippen LogP contribution < -0.4 is 5.73 Å². The number of unbranched alkanes of at least 4 members (excludes halogenated alkanes) is 21. The van der Waals surface area contributed by atoms with Gasteiger partial charge in [0, 0.05) is 12.8 Å². The fraction of sp³-hybridized carbons (Fsp3) is 0.795. The summed E-state index contributed by atoms with van der Waals surface area (Å²) in [7, 11) is -4.73. The van der Waals surface area contributed by atoms with Gasteiger partial charge in [-0.25, -0.2) is 4.57 Å². The molecule has 0 bridgehead atoms. The highest BCUT2D eigenvalue weighted by Crippen LogP contribution is 2.43. The van der Waals surface area contributed by atoms with E-state index in [0.717, 1.165) is 25.7 Å². The Hall–Kier alpha value is -2.30. The van der Waals surface area contributed by atoms with Gasteiger partial charge in [-0.3, -0.25) is 23.4 Å². The maximum atomic E-state index is 12.6. The Balaban J connectivity index is 4.45. The molecule has 0 fully saturated rings. The first-order valence-electron chi connectivity index (χ1n) is 22.0. The monoisotopic (exact) mass is 814 g/mol. The molecule has 0 aromatic heterocycles. The Morgan fingerprint density at radius 1 is 0.554 bits per heavy atom. The molecule has 0 amide bonds. The lowest BCUT2D eigenvalue weighted by molar-refractivity contribution is -0.161. The van der Waals surface area contributed by atoms with E-state index in [0.29, 0.717) is 19.3 Å². The first kappa shape index (κ1) is 53.7. The highest BCUT2D eigenvalue weighted by Gasteiger charge is 2.28. The number of carboxylic acids is 1. The number of phosphoric acid groups is 1. The van der Waals surface area contributed by atoms with Crippen LogP contribution in [0.1, 0.15) is 194 Å². The lowest BCUT2D eigenvalue weighted by Crippen LogP contribution is -2.34. The summed E-state index contributed by atoms with van der Waals surface area (Å²) >= 11 is 0. The predicted molar refractivity (Wildman–Crippen MR) is 226 cm³/mol. The summed E-state index contributed by atoms with van der Waals surface area (Å²) in [5.74, 6) is -2.49. The minimum atomic E-state index is -4.73. The second-order valence-electron chi connectivity index (χ2n) is 14.8. The Kier molecular flexibility index (Phi) is 37.9. The predicted octanol–water partition coefficient (Wildman–Crippen LogP) is 11.6. The average Bonchev–Trinajstić information content (AvgIpc) is 3.17. The molecule has 3 atom stereocenters. The smallest absolute Gasteiger partial charge is 0.472 e. The van der Waals surface area contributed by atoms with Crippen LogP contribution in [0.5, 0.6) is 0 Å². The van der Waals surface area contributed by atoms with Crippen molar-refractivity contribution in [3.05, 3.63) is 36.5 Å². The summed E-state index contributed by atoms with van der Waals surface area (Å²) in [4.78, 5) is 45.9. The summed E-state index contributed by atoms with van der Waals surface area (Å²) in [5, 5.41) is 8.88. The summed E-state index contributed by atoms with van der Waals surface area (Å²) in [6, 6.07) is -1.53. The van der Waals surface area contributed by atoms with Gasteiger partial charge < -0.3 is 25.2 Å². The van der Waals surface area contributed by atoms with E-state index in [9.17, 15) is 23.8 Å². The molecule has 0 aromatic carbocycles. The van der Waals surface area contributed by atoms with E-state index < -0.39 is 51.1 Å². The van der Waals surface area contributed by atoms with Crippen LogP contribution in [-0.2, 0) is 37.5 Å². The van der Waals surface area contributed by atoms with Crippen molar-refractivity contribution in [1.29, 1.82) is 0 Å². The summed E-state index contributed by atoms with van der Waals surface area (Å²) in [6.45, 7) is 2.73. The molecule has 12 heteroatoms. The number of hydrogen-bond donors (Lipinski definition) is 3. The highest BCUT2D eigenvalue weighted by molar-refractivity contribution is 7.47. The number of carbonyl (C=O) groups excluding carboxylic acids is 2. The van der Waals surface area contributed by atoms with Crippen LogP contribution in [0.3, 0.4) is 0 Å². The Morgan fingerprint density at radius 2 is 0.982 bits per heavy atom. The maximum absolute atomic E-state index is 12.6. The first-order valence-corrected chi connectivity index (χ1v) is 23.5. The molecule has 326 valence electrons. The lowest BCUT2D eigenvalue weighted by Gasteiger charge is -2.20. The average molecular weight is 814 g/mol. The van der Waals surface area contributed by atoms with Gasteiger partial charge in [-0.2, -0.15) is 0 Å². The van der Waals surface area contributed by atoms with Crippen LogP contribution in [0.4, 0.5) is 0 Å². The zero-order chi connectivity index (χ0) is 41.4. The molecule has 0 aromatic rings. The second kappa shape index (κ2) is 39.5. The third-order valence-electron chi connectivity index (χ3n) is 9.37. The van der Waals surface area contributed by atoms with Crippen molar-refractivity contribution < 1.29 is 47.5 Å². The Labute approximate surface area is 340 Å². The van der Waals surface area contributed by atoms with E-state index in [1.807, 2.05) is 12.2 Å². The minimum absolute atomic E-state index is 0.0702. The Morgan fingerprint density at radius 3 is 1.48 bits per heavy atom. The number of ether oxygens (including phenoxy) is 2. The molecule has 4 N–H and O–H groups in total. The van der Waals surface area contributed by atoms with Crippen LogP contribution in [0.2, 0.25) is 0 Å². The van der Waals surface area contributed by atoms with Crippen LogP contribution in [0.25, 0.3) is 0 Å². The molecule has 0 saturated heterocycles. The number of carboxylic acid groups (broad SMARTS) is 1. The van der Waals surface area contributed by atoms with Crippen molar-refractivity contribution in [2.45, 2.75) is 206 Å². The molecule has 0 heterocycles. The number of nitrogens with two attached hydrogens (primary N) is 1. The van der Waals surface area contributed by atoms with Crippen LogP contribution in [-0.4, -0.2) is 59.9 Å². The van der Waals surface area contributed by atoms with Gasteiger partial charge in [0.2, 0.25) is 0 Å². The maximum Gasteiger partial charge on any atom is 0.472 e. The van der Waals surface area contributed by atoms with E-state index in [-0.39, 0.29) is 19.4 Å². The fourth-order valence-corrected chi connectivity index (χ4v) is 6.66. The van der Waals surface area contributed by atoms with E-state index in [2.05, 4.69) is 42.7 Å². The molecule has 56 heavy (non-hydrogen) atoms. The van der Waals surface area contributed by atoms with Gasteiger partial charge in [0.1, 0.15) is 12.6 Å². The SMILES string of the molecule is CCCCCCCCCCC/C=C/C/C=C/CCCC(=O)OC[C@H](COP(=O)(O)OC[C@H](N)C(=O)O)OC(=O)CC/C=C/CCCCCCCCCCCCC. The van der Waals surface area contributed by atoms with Crippen molar-refractivity contribution in [2.75, 3.05) is 19.8 Å². The van der Waals surface area contributed by atoms with E-state index >= 15 is 0 Å². The van der Waals surface area contributed by atoms with Gasteiger partial charge in [-0.05, 0) is 51.4 Å². The number of phosphoric ester groups is 1. The highest BCUT2D eigenvalue weighted by atomic mass is 31.2. The summed E-state index contributed by atoms with van der Waals surface area (Å²) in [5.41, 5.74) is 5.33. The molecular weight excluding hydrogens is 733 g/mol. The normalized spacial score (nSPS) is 14.1. The molecule has 0 aliphatic rings. The van der Waals surface area contributed by atoms with Crippen molar-refractivity contribution in [3.63, 3.8) is 0 Å². The molecule has 0 saturated carbocycles. The zero-order valence-corrected chi connectivity index (χ0v) is 36.1. The molecule has 0 aliphatic carbocycles. The quantitative estimate of drug-likeness (QED) is 0.0232. The number of rotatable bonds is 41. The Bertz CT molecular complexity index is 1100. The third-order valence-corrected chi connectivity index (χ3v) is 10.3. The van der Waals surface area contributed by atoms with Crippen LogP contribution in [0, 0.1) is 0 Å². The van der Waals surface area contributed by atoms with E-state index in [4.69, 9.17) is 24.8 Å². The molecule has 11 nitrogen and oxygen atoms in total. The second-order valence-corrected chi connectivity index (χ2v) is 16.3. The fourth-order valence-electron chi connectivity index (χ4n) is 5.89. The molecule has 1 unspecified atom stereocenters. The van der Waals surface area contributed by atoms with Gasteiger partial charge >= 0.3 is 25.7 Å². The first-order chi connectivity index (χ1) is 27.1. The molecular formula is C44H80NO10P. The minimum Gasteiger partial charge on any atom is -0.480 e. The van der Waals surface area contributed by atoms with E-state index in [1.165, 1.54) is 122 Å². The van der Waals surface area contributed by atoms with Gasteiger partial charge in [-0.15, -0.1) is 0 Å². The topological polar surface area (TPSA) is 172 Å². The number of hydrogen-bond acceptors (Lipinski definition) is 9. The molecule has 0 rings (SSSR count). The largest absolute Gasteiger partial charge is 0.480 e. The van der Waals surface area contributed by atoms with Gasteiger partial charge in [-0.1, -0.05) is 166 Å². The number of esters is 2. The van der Waals surface area contributed by atoms with Crippen molar-refractivity contribution in [2.24, 2.45) is 5.73 Å². The van der Waals surface area contributed by atoms with Gasteiger partial charge in [0.05, 0.1) is 13.2 Å². The number of aliphatic carboxylic acids is 1. The summed E-state index contributed by atoms with van der Waals surface area (Å²) in [6.07, 6.45) is 42.3. The zero-order valence-electron chi connectivity index (χ0n) is 35.2. The van der Waals surface area contributed by atoms with E-state index in [1.54, 1.807) is 0 Å². The van der Waals surface area contributed by atoms with Crippen molar-refractivity contribution in [3.8, 4) is 0 Å². The lowest BCUT2D eigenvalue weighted by atomic mass is 10.1. The van der Waals surface area contributed by atoms with Crippen LogP contribution >= 0.6 is 7.82 Å². The van der Waals surface area contributed by atoms with Crippen molar-refractivity contribution in [1.82, 2.24) is 0 Å². The molecule has 0 spiro atoms. The summed E-state index contributed by atoms with van der Waals surface area (Å²) < 4.78 is 32.6. The third kappa shape index (κ3) is 38.6. The standard InChI is InChI=1S/C44H80NO10P/c1-3-5-7-9-11-13-15-17-19-20-22-23-25-27-29-31-33-35-42(46)52-37-40(38-53-56(50,51)54-39-41(45)44(48)49)55-43(47)36-34-32-30-28-26-24-21-18-16-14-12-10-8-6-4-2/h22-23,27,29-30,32,40-41H,3-21,24-26,28,31,33-39,45H2,1-2H3,(H,48,49)(H,50,51)/b23-22+,29-27+,32-30+/t40-,41+/m1/s1. The van der Waals surface area contributed by atoms with Gasteiger partial charge in [0.15, 0.2) is 6.10 Å². The van der Waals surface area contributed by atoms with Crippen LogP contribution in [0.15, 0.2) is 36.5 Å². The van der Waals surface area contributed by atoms with Crippen molar-refractivity contribution >= 4 is 25.7 Å². The molecule has 0 aliphatic heterocycles. The number of allylic oxidation sites excluding steroid dienone is 6.